The number of hydrogen-bond donors (Lipinski definition) is 2. The molecular weight excluding hydrogens is 216 g/mol. The number of carbonyl (C=O) groups is 1. The van der Waals surface area contributed by atoms with Gasteiger partial charge in [-0.15, -0.1) is 0 Å². The maximum absolute atomic E-state index is 11.0. The molecule has 1 heterocycles. The van der Waals surface area contributed by atoms with E-state index in [1.54, 1.807) is 12.1 Å². The molecule has 0 saturated carbocycles. The van der Waals surface area contributed by atoms with Crippen LogP contribution in [-0.2, 0) is 4.74 Å². The minimum atomic E-state index is -0.400. The number of nitrogens with two attached hydrogens (primary N) is 1. The number of nitrogens with one attached hydrogen (secondary N) is 1. The zero-order valence-electron chi connectivity index (χ0n) is 9.82. The number of amides is 1. The zero-order valence-corrected chi connectivity index (χ0v) is 9.82. The lowest BCUT2D eigenvalue weighted by atomic mass is 10.1. The fourth-order valence-corrected chi connectivity index (χ4v) is 1.98. The normalized spacial score (nSPS) is 19.9. The maximum atomic E-state index is 11.0. The minimum absolute atomic E-state index is 0.279. The van der Waals surface area contributed by atoms with Crippen molar-refractivity contribution in [2.45, 2.75) is 25.4 Å². The quantitative estimate of drug-likeness (QED) is 0.834. The van der Waals surface area contributed by atoms with Gasteiger partial charge in [0.25, 0.3) is 0 Å². The lowest BCUT2D eigenvalue weighted by molar-refractivity contribution is 0.0247. The topological polar surface area (TPSA) is 64.4 Å². The lowest BCUT2D eigenvalue weighted by Crippen LogP contribution is -2.27. The van der Waals surface area contributed by atoms with E-state index >= 15 is 0 Å². The Balaban J connectivity index is 1.89. The molecule has 1 aromatic rings. The highest BCUT2D eigenvalue weighted by Gasteiger charge is 2.13. The third-order valence-electron chi connectivity index (χ3n) is 2.95. The summed E-state index contributed by atoms with van der Waals surface area (Å²) in [7, 11) is 0. The highest BCUT2D eigenvalue weighted by Crippen LogP contribution is 2.15. The van der Waals surface area contributed by atoms with Crippen LogP contribution in [0.4, 0.5) is 5.69 Å². The molecule has 0 bridgehead atoms. The Hall–Kier alpha value is -1.55. The van der Waals surface area contributed by atoms with Crippen molar-refractivity contribution in [3.8, 4) is 0 Å². The molecule has 1 unspecified atom stereocenters. The molecule has 0 radical (unpaired) electrons. The van der Waals surface area contributed by atoms with Gasteiger partial charge in [0.15, 0.2) is 0 Å². The Morgan fingerprint density at radius 3 is 3.06 bits per heavy atom. The van der Waals surface area contributed by atoms with Crippen LogP contribution in [0.3, 0.4) is 0 Å². The summed E-state index contributed by atoms with van der Waals surface area (Å²) in [5.41, 5.74) is 6.67. The molecule has 0 aliphatic carbocycles. The molecular formula is C13H18N2O2. The first-order chi connectivity index (χ1) is 8.25. The molecule has 2 rings (SSSR count). The SMILES string of the molecule is NC(=O)c1cccc(NCC2CCCCO2)c1. The summed E-state index contributed by atoms with van der Waals surface area (Å²) >= 11 is 0. The zero-order chi connectivity index (χ0) is 12.1. The largest absolute Gasteiger partial charge is 0.382 e. The van der Waals surface area contributed by atoms with Gasteiger partial charge < -0.3 is 15.8 Å². The second-order valence-electron chi connectivity index (χ2n) is 4.31. The number of hydrogen-bond acceptors (Lipinski definition) is 3. The monoisotopic (exact) mass is 234 g/mol. The number of benzene rings is 1. The van der Waals surface area contributed by atoms with Gasteiger partial charge in [-0.05, 0) is 37.5 Å². The van der Waals surface area contributed by atoms with Gasteiger partial charge in [0, 0.05) is 24.4 Å². The fraction of sp³-hybridized carbons (Fsp3) is 0.462. The molecule has 4 nitrogen and oxygen atoms in total. The minimum Gasteiger partial charge on any atom is -0.382 e. The molecule has 92 valence electrons. The van der Waals surface area contributed by atoms with Gasteiger partial charge in [0.2, 0.25) is 5.91 Å². The molecule has 1 aromatic carbocycles. The molecule has 1 fully saturated rings. The molecule has 1 saturated heterocycles. The average molecular weight is 234 g/mol. The standard InChI is InChI=1S/C13H18N2O2/c14-13(16)10-4-3-5-11(8-10)15-9-12-6-1-2-7-17-12/h3-5,8,12,15H,1-2,6-7,9H2,(H2,14,16). The Bertz CT molecular complexity index is 387. The summed E-state index contributed by atoms with van der Waals surface area (Å²) in [5, 5.41) is 3.28. The summed E-state index contributed by atoms with van der Waals surface area (Å²) in [6.07, 6.45) is 3.77. The van der Waals surface area contributed by atoms with Gasteiger partial charge in [-0.3, -0.25) is 4.79 Å². The number of primary amides is 1. The first-order valence-corrected chi connectivity index (χ1v) is 6.01. The van der Waals surface area contributed by atoms with E-state index in [2.05, 4.69) is 5.32 Å². The van der Waals surface area contributed by atoms with Crippen molar-refractivity contribution in [3.05, 3.63) is 29.8 Å². The Kier molecular flexibility index (Phi) is 3.98. The van der Waals surface area contributed by atoms with E-state index in [4.69, 9.17) is 10.5 Å². The van der Waals surface area contributed by atoms with E-state index in [1.807, 2.05) is 12.1 Å². The summed E-state index contributed by atoms with van der Waals surface area (Å²) in [6, 6.07) is 7.23. The van der Waals surface area contributed by atoms with Crippen molar-refractivity contribution >= 4 is 11.6 Å². The predicted molar refractivity (Wildman–Crippen MR) is 67.0 cm³/mol. The first-order valence-electron chi connectivity index (χ1n) is 6.01. The molecule has 3 N–H and O–H groups in total. The number of anilines is 1. The Morgan fingerprint density at radius 2 is 2.35 bits per heavy atom. The summed E-state index contributed by atoms with van der Waals surface area (Å²) in [5.74, 6) is -0.400. The van der Waals surface area contributed by atoms with E-state index in [9.17, 15) is 4.79 Å². The Labute approximate surface area is 101 Å². The molecule has 1 atom stereocenters. The average Bonchev–Trinajstić information content (AvgIpc) is 2.38. The van der Waals surface area contributed by atoms with Crippen molar-refractivity contribution in [3.63, 3.8) is 0 Å². The van der Waals surface area contributed by atoms with Crippen molar-refractivity contribution in [1.82, 2.24) is 0 Å². The summed E-state index contributed by atoms with van der Waals surface area (Å²) in [6.45, 7) is 1.63. The van der Waals surface area contributed by atoms with E-state index < -0.39 is 5.91 Å². The first kappa shape index (κ1) is 11.9. The molecule has 1 aliphatic rings. The molecule has 0 spiro atoms. The second-order valence-corrected chi connectivity index (χ2v) is 4.31. The van der Waals surface area contributed by atoms with Gasteiger partial charge in [-0.1, -0.05) is 6.07 Å². The van der Waals surface area contributed by atoms with Crippen LogP contribution in [0.25, 0.3) is 0 Å². The molecule has 1 amide bonds. The third kappa shape index (κ3) is 3.46. The van der Waals surface area contributed by atoms with E-state index in [0.29, 0.717) is 5.56 Å². The van der Waals surface area contributed by atoms with Crippen LogP contribution in [0.5, 0.6) is 0 Å². The van der Waals surface area contributed by atoms with Crippen LogP contribution in [-0.4, -0.2) is 25.2 Å². The summed E-state index contributed by atoms with van der Waals surface area (Å²) in [4.78, 5) is 11.0. The van der Waals surface area contributed by atoms with Crippen LogP contribution in [0, 0.1) is 0 Å². The van der Waals surface area contributed by atoms with Crippen molar-refractivity contribution < 1.29 is 9.53 Å². The van der Waals surface area contributed by atoms with Gasteiger partial charge in [-0.25, -0.2) is 0 Å². The smallest absolute Gasteiger partial charge is 0.248 e. The van der Waals surface area contributed by atoms with Gasteiger partial charge in [0.1, 0.15) is 0 Å². The van der Waals surface area contributed by atoms with E-state index in [1.165, 1.54) is 6.42 Å². The van der Waals surface area contributed by atoms with Crippen molar-refractivity contribution in [2.24, 2.45) is 5.73 Å². The number of carbonyl (C=O) groups excluding carboxylic acids is 1. The van der Waals surface area contributed by atoms with Gasteiger partial charge in [-0.2, -0.15) is 0 Å². The van der Waals surface area contributed by atoms with Crippen LogP contribution in [0.15, 0.2) is 24.3 Å². The molecule has 4 heteroatoms. The maximum Gasteiger partial charge on any atom is 0.248 e. The number of rotatable bonds is 4. The summed E-state index contributed by atoms with van der Waals surface area (Å²) < 4.78 is 5.62. The van der Waals surface area contributed by atoms with E-state index in [0.717, 1.165) is 31.7 Å². The van der Waals surface area contributed by atoms with Gasteiger partial charge >= 0.3 is 0 Å². The van der Waals surface area contributed by atoms with Crippen LogP contribution in [0.2, 0.25) is 0 Å². The second kappa shape index (κ2) is 5.68. The lowest BCUT2D eigenvalue weighted by Gasteiger charge is -2.23. The van der Waals surface area contributed by atoms with Crippen LogP contribution < -0.4 is 11.1 Å². The molecule has 1 aliphatic heterocycles. The van der Waals surface area contributed by atoms with Crippen LogP contribution in [0.1, 0.15) is 29.6 Å². The predicted octanol–water partition coefficient (Wildman–Crippen LogP) is 1.77. The molecule has 0 aromatic heterocycles. The fourth-order valence-electron chi connectivity index (χ4n) is 1.98. The van der Waals surface area contributed by atoms with Crippen LogP contribution >= 0.6 is 0 Å². The molecule has 17 heavy (non-hydrogen) atoms. The number of ether oxygens (including phenoxy) is 1. The highest BCUT2D eigenvalue weighted by molar-refractivity contribution is 5.93. The van der Waals surface area contributed by atoms with Crippen molar-refractivity contribution in [1.29, 1.82) is 0 Å². The van der Waals surface area contributed by atoms with Gasteiger partial charge in [0.05, 0.1) is 6.10 Å². The highest BCUT2D eigenvalue weighted by atomic mass is 16.5. The van der Waals surface area contributed by atoms with Crippen molar-refractivity contribution in [2.75, 3.05) is 18.5 Å². The Morgan fingerprint density at radius 1 is 1.47 bits per heavy atom. The van der Waals surface area contributed by atoms with E-state index in [-0.39, 0.29) is 6.10 Å². The third-order valence-corrected chi connectivity index (χ3v) is 2.95.